The molecule has 0 aliphatic rings. The molecule has 1 N–H and O–H groups in total. The Hall–Kier alpha value is -2.90. The van der Waals surface area contributed by atoms with Gasteiger partial charge in [-0.2, -0.15) is 11.3 Å². The highest BCUT2D eigenvalue weighted by Crippen LogP contribution is 2.21. The van der Waals surface area contributed by atoms with Gasteiger partial charge in [0.05, 0.1) is 28.7 Å². The molecule has 3 aromatic heterocycles. The average molecular weight is 379 g/mol. The monoisotopic (exact) mass is 379 g/mol. The van der Waals surface area contributed by atoms with E-state index in [0.29, 0.717) is 22.5 Å². The van der Waals surface area contributed by atoms with Gasteiger partial charge in [0, 0.05) is 15.8 Å². The number of ketones is 1. The molecule has 5 nitrogen and oxygen atoms in total. The minimum Gasteiger partial charge on any atom is -0.346 e. The van der Waals surface area contributed by atoms with Crippen molar-refractivity contribution in [3.63, 3.8) is 0 Å². The Labute approximate surface area is 157 Å². The Morgan fingerprint density at radius 1 is 1.04 bits per heavy atom. The van der Waals surface area contributed by atoms with Gasteiger partial charge >= 0.3 is 0 Å². The molecular weight excluding hydrogens is 366 g/mol. The van der Waals surface area contributed by atoms with Crippen LogP contribution in [-0.2, 0) is 6.54 Å². The Kier molecular flexibility index (Phi) is 4.55. The molecule has 0 spiro atoms. The number of fused-ring (bicyclic) bond motifs is 1. The summed E-state index contributed by atoms with van der Waals surface area (Å²) in [4.78, 5) is 34.8. The zero-order valence-corrected chi connectivity index (χ0v) is 15.1. The number of aromatic nitrogens is 2. The van der Waals surface area contributed by atoms with Gasteiger partial charge in [0.1, 0.15) is 5.69 Å². The smallest absolute Gasteiger partial charge is 0.271 e. The summed E-state index contributed by atoms with van der Waals surface area (Å²) in [5.74, 6) is -0.281. The number of amides is 1. The van der Waals surface area contributed by atoms with Gasteiger partial charge in [-0.15, -0.1) is 11.3 Å². The zero-order chi connectivity index (χ0) is 17.9. The molecule has 0 bridgehead atoms. The SMILES string of the molecule is O=C(NCc1ccc(C(=O)c2ccsc2)s1)c1cnc2ccccc2n1. The van der Waals surface area contributed by atoms with Crippen LogP contribution in [0.25, 0.3) is 11.0 Å². The predicted octanol–water partition coefficient (Wildman–Crippen LogP) is 3.91. The fraction of sp³-hybridized carbons (Fsp3) is 0.0526. The highest BCUT2D eigenvalue weighted by atomic mass is 32.1. The molecule has 1 amide bonds. The molecule has 128 valence electrons. The summed E-state index contributed by atoms with van der Waals surface area (Å²) in [6.07, 6.45) is 1.47. The maximum Gasteiger partial charge on any atom is 0.271 e. The van der Waals surface area contributed by atoms with E-state index in [2.05, 4.69) is 15.3 Å². The normalized spacial score (nSPS) is 10.8. The molecule has 0 aliphatic heterocycles. The van der Waals surface area contributed by atoms with E-state index in [1.807, 2.05) is 47.2 Å². The van der Waals surface area contributed by atoms with Crippen molar-refractivity contribution in [2.75, 3.05) is 0 Å². The Bertz CT molecular complexity index is 1090. The molecule has 4 rings (SSSR count). The number of benzene rings is 1. The molecule has 0 saturated heterocycles. The number of thiophene rings is 2. The van der Waals surface area contributed by atoms with Crippen LogP contribution in [0.1, 0.15) is 30.6 Å². The molecule has 3 heterocycles. The number of nitrogens with zero attached hydrogens (tertiary/aromatic N) is 2. The van der Waals surface area contributed by atoms with Crippen LogP contribution in [-0.4, -0.2) is 21.7 Å². The number of para-hydroxylation sites is 2. The lowest BCUT2D eigenvalue weighted by molar-refractivity contribution is 0.0945. The summed E-state index contributed by atoms with van der Waals surface area (Å²) in [5.41, 5.74) is 2.40. The molecule has 7 heteroatoms. The van der Waals surface area contributed by atoms with E-state index in [-0.39, 0.29) is 17.4 Å². The van der Waals surface area contributed by atoms with Gasteiger partial charge in [0.2, 0.25) is 5.78 Å². The van der Waals surface area contributed by atoms with Gasteiger partial charge in [-0.1, -0.05) is 12.1 Å². The van der Waals surface area contributed by atoms with Gasteiger partial charge < -0.3 is 5.32 Å². The Balaban J connectivity index is 1.43. The third-order valence-electron chi connectivity index (χ3n) is 3.77. The average Bonchev–Trinajstić information content (AvgIpc) is 3.37. The summed E-state index contributed by atoms with van der Waals surface area (Å²) in [6.45, 7) is 0.342. The first-order chi connectivity index (χ1) is 12.7. The molecule has 26 heavy (non-hydrogen) atoms. The van der Waals surface area contributed by atoms with Crippen molar-refractivity contribution in [2.45, 2.75) is 6.54 Å². The van der Waals surface area contributed by atoms with Gasteiger partial charge in [-0.05, 0) is 35.7 Å². The summed E-state index contributed by atoms with van der Waals surface area (Å²) < 4.78 is 0. The van der Waals surface area contributed by atoms with Crippen LogP contribution < -0.4 is 5.32 Å². The standard InChI is InChI=1S/C19H13N3O2S2/c23-18(12-7-8-25-11-12)17-6-5-13(26-17)9-21-19(24)16-10-20-14-3-1-2-4-15(14)22-16/h1-8,10-11H,9H2,(H,21,24). The summed E-state index contributed by atoms with van der Waals surface area (Å²) >= 11 is 2.88. The van der Waals surface area contributed by atoms with E-state index in [9.17, 15) is 9.59 Å². The van der Waals surface area contributed by atoms with Crippen LogP contribution in [0, 0.1) is 0 Å². The predicted molar refractivity (Wildman–Crippen MR) is 103 cm³/mol. The number of carbonyl (C=O) groups is 2. The van der Waals surface area contributed by atoms with Crippen LogP contribution in [0.15, 0.2) is 59.4 Å². The zero-order valence-electron chi connectivity index (χ0n) is 13.5. The third kappa shape index (κ3) is 3.40. The minimum atomic E-state index is -0.289. The van der Waals surface area contributed by atoms with Crippen molar-refractivity contribution in [3.8, 4) is 0 Å². The lowest BCUT2D eigenvalue weighted by atomic mass is 10.2. The van der Waals surface area contributed by atoms with E-state index in [4.69, 9.17) is 0 Å². The van der Waals surface area contributed by atoms with Crippen molar-refractivity contribution in [1.82, 2.24) is 15.3 Å². The first kappa shape index (κ1) is 16.6. The topological polar surface area (TPSA) is 72.0 Å². The molecule has 0 saturated carbocycles. The maximum absolute atomic E-state index is 12.3. The van der Waals surface area contributed by atoms with Crippen molar-refractivity contribution in [1.29, 1.82) is 0 Å². The van der Waals surface area contributed by atoms with Crippen LogP contribution in [0.3, 0.4) is 0 Å². The molecule has 0 unspecified atom stereocenters. The number of nitrogens with one attached hydrogen (secondary N) is 1. The molecule has 1 aromatic carbocycles. The summed E-state index contributed by atoms with van der Waals surface area (Å²) in [7, 11) is 0. The van der Waals surface area contributed by atoms with Gasteiger partial charge in [0.15, 0.2) is 0 Å². The van der Waals surface area contributed by atoms with Crippen LogP contribution >= 0.6 is 22.7 Å². The molecular formula is C19H13N3O2S2. The number of carbonyl (C=O) groups excluding carboxylic acids is 2. The van der Waals surface area contributed by atoms with Gasteiger partial charge in [0.25, 0.3) is 5.91 Å². The van der Waals surface area contributed by atoms with Crippen molar-refractivity contribution < 1.29 is 9.59 Å². The van der Waals surface area contributed by atoms with E-state index in [1.54, 1.807) is 6.07 Å². The first-order valence-electron chi connectivity index (χ1n) is 7.86. The van der Waals surface area contributed by atoms with E-state index >= 15 is 0 Å². The lowest BCUT2D eigenvalue weighted by Gasteiger charge is -2.04. The summed E-state index contributed by atoms with van der Waals surface area (Å²) in [5, 5.41) is 6.54. The fourth-order valence-corrected chi connectivity index (χ4v) is 4.00. The van der Waals surface area contributed by atoms with Crippen molar-refractivity contribution >= 4 is 45.4 Å². The molecule has 4 aromatic rings. The first-order valence-corrected chi connectivity index (χ1v) is 9.62. The number of hydrogen-bond donors (Lipinski definition) is 1. The number of rotatable bonds is 5. The van der Waals surface area contributed by atoms with E-state index in [1.165, 1.54) is 28.9 Å². The van der Waals surface area contributed by atoms with Crippen molar-refractivity contribution in [2.24, 2.45) is 0 Å². The fourth-order valence-electron chi connectivity index (χ4n) is 2.46. The van der Waals surface area contributed by atoms with Crippen LogP contribution in [0.2, 0.25) is 0 Å². The van der Waals surface area contributed by atoms with Crippen molar-refractivity contribution in [3.05, 3.63) is 80.4 Å². The highest BCUT2D eigenvalue weighted by Gasteiger charge is 2.13. The lowest BCUT2D eigenvalue weighted by Crippen LogP contribution is -2.23. The second-order valence-electron chi connectivity index (χ2n) is 5.53. The Morgan fingerprint density at radius 3 is 2.69 bits per heavy atom. The maximum atomic E-state index is 12.3. The van der Waals surface area contributed by atoms with Crippen LogP contribution in [0.5, 0.6) is 0 Å². The molecule has 0 fully saturated rings. The molecule has 0 aliphatic carbocycles. The van der Waals surface area contributed by atoms with Crippen LogP contribution in [0.4, 0.5) is 0 Å². The quantitative estimate of drug-likeness (QED) is 0.534. The minimum absolute atomic E-state index is 0.00854. The van der Waals surface area contributed by atoms with E-state index in [0.717, 1.165) is 10.4 Å². The van der Waals surface area contributed by atoms with Gasteiger partial charge in [-0.25, -0.2) is 4.98 Å². The Morgan fingerprint density at radius 2 is 1.88 bits per heavy atom. The number of hydrogen-bond acceptors (Lipinski definition) is 6. The largest absolute Gasteiger partial charge is 0.346 e. The highest BCUT2D eigenvalue weighted by molar-refractivity contribution is 7.14. The summed E-state index contributed by atoms with van der Waals surface area (Å²) in [6, 6.07) is 12.9. The second kappa shape index (κ2) is 7.15. The molecule has 0 atom stereocenters. The molecule has 0 radical (unpaired) electrons. The second-order valence-corrected chi connectivity index (χ2v) is 7.48. The van der Waals surface area contributed by atoms with Gasteiger partial charge in [-0.3, -0.25) is 14.6 Å². The van der Waals surface area contributed by atoms with E-state index < -0.39 is 0 Å². The third-order valence-corrected chi connectivity index (χ3v) is 5.54.